The van der Waals surface area contributed by atoms with E-state index in [1.54, 1.807) is 0 Å². The lowest BCUT2D eigenvalue weighted by atomic mass is 9.87. The molecule has 2 rings (SSSR count). The van der Waals surface area contributed by atoms with Gasteiger partial charge in [-0.15, -0.1) is 0 Å². The SMILES string of the molecule is C(=COC=CCC1CCCCC1)CC1CCCCC1. The maximum Gasteiger partial charge on any atom is 0.0861 e. The molecule has 2 aliphatic carbocycles. The Kier molecular flexibility index (Phi) is 7.13. The Labute approximate surface area is 119 Å². The minimum absolute atomic E-state index is 0.916. The summed E-state index contributed by atoms with van der Waals surface area (Å²) < 4.78 is 5.45. The molecule has 0 amide bonds. The Morgan fingerprint density at radius 3 is 1.47 bits per heavy atom. The summed E-state index contributed by atoms with van der Waals surface area (Å²) in [5, 5.41) is 0. The standard InChI is InChI=1S/C18H30O/c1-3-9-17(10-4-1)13-7-15-19-16-8-14-18-11-5-2-6-12-18/h7-8,15-18H,1-6,9-14H2. The van der Waals surface area contributed by atoms with Crippen LogP contribution in [-0.4, -0.2) is 0 Å². The van der Waals surface area contributed by atoms with Crippen molar-refractivity contribution in [2.75, 3.05) is 0 Å². The molecule has 108 valence electrons. The monoisotopic (exact) mass is 262 g/mol. The Morgan fingerprint density at radius 2 is 1.05 bits per heavy atom. The Bertz CT molecular complexity index is 239. The largest absolute Gasteiger partial charge is 0.473 e. The van der Waals surface area contributed by atoms with Gasteiger partial charge in [0.2, 0.25) is 0 Å². The number of allylic oxidation sites excluding steroid dienone is 2. The molecule has 0 aliphatic heterocycles. The molecular weight excluding hydrogens is 232 g/mol. The van der Waals surface area contributed by atoms with E-state index in [1.165, 1.54) is 77.0 Å². The molecule has 1 nitrogen and oxygen atoms in total. The van der Waals surface area contributed by atoms with Crippen molar-refractivity contribution in [3.05, 3.63) is 24.7 Å². The average molecular weight is 262 g/mol. The fourth-order valence-electron chi connectivity index (χ4n) is 3.50. The molecule has 0 aromatic heterocycles. The highest BCUT2D eigenvalue weighted by Crippen LogP contribution is 2.27. The minimum atomic E-state index is 0.916. The summed E-state index contributed by atoms with van der Waals surface area (Å²) in [6.45, 7) is 0. The molecule has 0 aromatic rings. The molecule has 0 heterocycles. The Hall–Kier alpha value is -0.720. The van der Waals surface area contributed by atoms with Crippen molar-refractivity contribution in [3.8, 4) is 0 Å². The topological polar surface area (TPSA) is 9.23 Å². The summed E-state index contributed by atoms with van der Waals surface area (Å²) >= 11 is 0. The predicted octanol–water partition coefficient (Wildman–Crippen LogP) is 5.97. The van der Waals surface area contributed by atoms with Crippen LogP contribution in [0, 0.1) is 11.8 Å². The minimum Gasteiger partial charge on any atom is -0.473 e. The number of ether oxygens (including phenoxy) is 1. The van der Waals surface area contributed by atoms with Crippen molar-refractivity contribution in [3.63, 3.8) is 0 Å². The zero-order chi connectivity index (χ0) is 13.2. The predicted molar refractivity (Wildman–Crippen MR) is 81.7 cm³/mol. The van der Waals surface area contributed by atoms with Gasteiger partial charge in [-0.2, -0.15) is 0 Å². The van der Waals surface area contributed by atoms with E-state index in [2.05, 4.69) is 12.2 Å². The van der Waals surface area contributed by atoms with Gasteiger partial charge in [-0.25, -0.2) is 0 Å². The second-order valence-electron chi connectivity index (χ2n) is 6.36. The molecule has 0 bridgehead atoms. The van der Waals surface area contributed by atoms with E-state index in [9.17, 15) is 0 Å². The van der Waals surface area contributed by atoms with Crippen molar-refractivity contribution in [1.29, 1.82) is 0 Å². The van der Waals surface area contributed by atoms with Crippen molar-refractivity contribution in [1.82, 2.24) is 0 Å². The van der Waals surface area contributed by atoms with E-state index in [4.69, 9.17) is 4.74 Å². The molecule has 19 heavy (non-hydrogen) atoms. The summed E-state index contributed by atoms with van der Waals surface area (Å²) in [6, 6.07) is 0. The fourth-order valence-corrected chi connectivity index (χ4v) is 3.50. The second-order valence-corrected chi connectivity index (χ2v) is 6.36. The first kappa shape index (κ1) is 14.7. The van der Waals surface area contributed by atoms with Gasteiger partial charge in [0.25, 0.3) is 0 Å². The highest BCUT2D eigenvalue weighted by Gasteiger charge is 2.11. The molecule has 0 atom stereocenters. The summed E-state index contributed by atoms with van der Waals surface area (Å²) in [6.07, 6.45) is 24.9. The Morgan fingerprint density at radius 1 is 0.632 bits per heavy atom. The van der Waals surface area contributed by atoms with Crippen LogP contribution in [0.2, 0.25) is 0 Å². The number of hydrogen-bond acceptors (Lipinski definition) is 1. The molecule has 2 fully saturated rings. The summed E-state index contributed by atoms with van der Waals surface area (Å²) in [5.74, 6) is 1.83. The normalized spacial score (nSPS) is 23.4. The van der Waals surface area contributed by atoms with Gasteiger partial charge >= 0.3 is 0 Å². The van der Waals surface area contributed by atoms with Crippen molar-refractivity contribution >= 4 is 0 Å². The smallest absolute Gasteiger partial charge is 0.0861 e. The zero-order valence-corrected chi connectivity index (χ0v) is 12.4. The van der Waals surface area contributed by atoms with Crippen molar-refractivity contribution in [2.24, 2.45) is 11.8 Å². The van der Waals surface area contributed by atoms with Gasteiger partial charge in [0.05, 0.1) is 12.5 Å². The van der Waals surface area contributed by atoms with Crippen LogP contribution >= 0.6 is 0 Å². The van der Waals surface area contributed by atoms with Crippen LogP contribution in [0.1, 0.15) is 77.0 Å². The van der Waals surface area contributed by atoms with Gasteiger partial charge in [-0.1, -0.05) is 64.2 Å². The molecule has 0 N–H and O–H groups in total. The summed E-state index contributed by atoms with van der Waals surface area (Å²) in [4.78, 5) is 0. The highest BCUT2D eigenvalue weighted by molar-refractivity contribution is 4.84. The van der Waals surface area contributed by atoms with Crippen molar-refractivity contribution < 1.29 is 4.74 Å². The van der Waals surface area contributed by atoms with Gasteiger partial charge in [0.15, 0.2) is 0 Å². The number of hydrogen-bond donors (Lipinski definition) is 0. The first-order valence-electron chi connectivity index (χ1n) is 8.40. The molecule has 0 spiro atoms. The maximum absolute atomic E-state index is 5.45. The lowest BCUT2D eigenvalue weighted by molar-refractivity contribution is 0.347. The lowest BCUT2D eigenvalue weighted by Crippen LogP contribution is -2.04. The van der Waals surface area contributed by atoms with Gasteiger partial charge in [-0.05, 0) is 36.8 Å². The van der Waals surface area contributed by atoms with Gasteiger partial charge in [-0.3, -0.25) is 0 Å². The van der Waals surface area contributed by atoms with E-state index in [1.807, 2.05) is 12.5 Å². The average Bonchev–Trinajstić information content (AvgIpc) is 2.48. The van der Waals surface area contributed by atoms with Gasteiger partial charge in [0.1, 0.15) is 0 Å². The van der Waals surface area contributed by atoms with E-state index >= 15 is 0 Å². The molecule has 2 aliphatic rings. The van der Waals surface area contributed by atoms with Crippen LogP contribution < -0.4 is 0 Å². The third-order valence-corrected chi connectivity index (χ3v) is 4.74. The van der Waals surface area contributed by atoms with Gasteiger partial charge in [0, 0.05) is 0 Å². The molecule has 0 unspecified atom stereocenters. The summed E-state index contributed by atoms with van der Waals surface area (Å²) in [7, 11) is 0. The fraction of sp³-hybridized carbons (Fsp3) is 0.778. The quantitative estimate of drug-likeness (QED) is 0.536. The first-order valence-corrected chi connectivity index (χ1v) is 8.40. The lowest BCUT2D eigenvalue weighted by Gasteiger charge is -2.19. The molecule has 2 saturated carbocycles. The van der Waals surface area contributed by atoms with E-state index in [-0.39, 0.29) is 0 Å². The highest BCUT2D eigenvalue weighted by atomic mass is 16.5. The maximum atomic E-state index is 5.45. The van der Waals surface area contributed by atoms with Crippen LogP contribution in [-0.2, 0) is 4.74 Å². The molecule has 1 heteroatoms. The van der Waals surface area contributed by atoms with E-state index < -0.39 is 0 Å². The van der Waals surface area contributed by atoms with Crippen LogP contribution in [0.25, 0.3) is 0 Å². The van der Waals surface area contributed by atoms with Gasteiger partial charge < -0.3 is 4.74 Å². The molecule has 0 aromatic carbocycles. The summed E-state index contributed by atoms with van der Waals surface area (Å²) in [5.41, 5.74) is 0. The van der Waals surface area contributed by atoms with Crippen LogP contribution in [0.5, 0.6) is 0 Å². The van der Waals surface area contributed by atoms with Crippen molar-refractivity contribution in [2.45, 2.75) is 77.0 Å². The van der Waals surface area contributed by atoms with E-state index in [0.29, 0.717) is 0 Å². The molecule has 0 saturated heterocycles. The van der Waals surface area contributed by atoms with Crippen LogP contribution in [0.3, 0.4) is 0 Å². The molecular formula is C18H30O. The van der Waals surface area contributed by atoms with E-state index in [0.717, 1.165) is 11.8 Å². The zero-order valence-electron chi connectivity index (χ0n) is 12.4. The third-order valence-electron chi connectivity index (χ3n) is 4.74. The first-order chi connectivity index (χ1) is 9.45. The third kappa shape index (κ3) is 6.31. The second kappa shape index (κ2) is 9.23. The van der Waals surface area contributed by atoms with Crippen LogP contribution in [0.15, 0.2) is 24.7 Å². The van der Waals surface area contributed by atoms with Crippen LogP contribution in [0.4, 0.5) is 0 Å². The Balaban J connectivity index is 1.50. The molecule has 0 radical (unpaired) electrons. The number of rotatable bonds is 6.